The normalized spacial score (nSPS) is 19.4. The Bertz CT molecular complexity index is 688. The molecular weight excluding hydrogens is 291 g/mol. The van der Waals surface area contributed by atoms with E-state index in [4.69, 9.17) is 10.2 Å². The quantitative estimate of drug-likeness (QED) is 0.809. The maximum atomic E-state index is 14.0. The molecule has 0 spiro atoms. The number of carbonyl (C=O) groups is 2. The molecule has 3 N–H and O–H groups in total. The van der Waals surface area contributed by atoms with Crippen LogP contribution in [-0.2, 0) is 14.8 Å². The molecule has 1 unspecified atom stereocenters. The van der Waals surface area contributed by atoms with Crippen molar-refractivity contribution in [3.63, 3.8) is 0 Å². The van der Waals surface area contributed by atoms with Crippen LogP contribution < -0.4 is 10.0 Å². The van der Waals surface area contributed by atoms with E-state index in [0.29, 0.717) is 0 Å². The first-order valence-electron chi connectivity index (χ1n) is 5.55. The highest BCUT2D eigenvalue weighted by atomic mass is 32.2. The van der Waals surface area contributed by atoms with E-state index in [9.17, 15) is 22.4 Å². The number of hydrogen-bond donors (Lipinski definition) is 2. The lowest BCUT2D eigenvalue weighted by molar-refractivity contribution is -0.117. The van der Waals surface area contributed by atoms with Gasteiger partial charge in [-0.05, 0) is 12.1 Å². The Labute approximate surface area is 113 Å². The van der Waals surface area contributed by atoms with E-state index >= 15 is 0 Å². The van der Waals surface area contributed by atoms with Crippen LogP contribution in [0.1, 0.15) is 16.8 Å². The molecule has 1 aliphatic heterocycles. The van der Waals surface area contributed by atoms with Crippen LogP contribution in [0.15, 0.2) is 18.2 Å². The van der Waals surface area contributed by atoms with Crippen molar-refractivity contribution in [3.8, 4) is 0 Å². The second-order valence-electron chi connectivity index (χ2n) is 4.36. The summed E-state index contributed by atoms with van der Waals surface area (Å²) in [6.45, 7) is -0.294. The van der Waals surface area contributed by atoms with Crippen molar-refractivity contribution >= 4 is 27.6 Å². The van der Waals surface area contributed by atoms with Gasteiger partial charge in [0.1, 0.15) is 5.25 Å². The van der Waals surface area contributed by atoms with Gasteiger partial charge < -0.3 is 10.0 Å². The average Bonchev–Trinajstić information content (AvgIpc) is 2.71. The van der Waals surface area contributed by atoms with Gasteiger partial charge in [-0.25, -0.2) is 22.7 Å². The summed E-state index contributed by atoms with van der Waals surface area (Å²) in [4.78, 5) is 23.5. The van der Waals surface area contributed by atoms with E-state index in [1.165, 1.54) is 12.1 Å². The van der Waals surface area contributed by atoms with Crippen LogP contribution >= 0.6 is 0 Å². The highest BCUT2D eigenvalue weighted by Crippen LogP contribution is 2.28. The van der Waals surface area contributed by atoms with E-state index in [1.807, 2.05) is 0 Å². The van der Waals surface area contributed by atoms with Gasteiger partial charge in [-0.2, -0.15) is 0 Å². The number of carboxylic acid groups (broad SMARTS) is 1. The third-order valence-electron chi connectivity index (χ3n) is 3.05. The van der Waals surface area contributed by atoms with Gasteiger partial charge in [0.15, 0.2) is 5.82 Å². The number of halogens is 1. The maximum Gasteiger partial charge on any atom is 0.338 e. The number of nitrogens with two attached hydrogens (primary N) is 1. The molecule has 1 amide bonds. The number of anilines is 1. The molecule has 1 aliphatic rings. The molecule has 1 fully saturated rings. The zero-order valence-corrected chi connectivity index (χ0v) is 10.9. The van der Waals surface area contributed by atoms with E-state index in [-0.39, 0.29) is 18.7 Å². The standard InChI is InChI=1S/C11H11FN2O5S/c12-10-7(11(16)17)2-1-3-8(10)14-5-6(4-9(14)15)20(13,18)19/h1-3,6H,4-5H2,(H,16,17)(H2,13,18,19). The number of aromatic carboxylic acids is 1. The Hall–Kier alpha value is -2.00. The van der Waals surface area contributed by atoms with Crippen molar-refractivity contribution in [2.24, 2.45) is 5.14 Å². The molecule has 1 aromatic rings. The second-order valence-corrected chi connectivity index (χ2v) is 6.21. The van der Waals surface area contributed by atoms with Gasteiger partial charge in [0.25, 0.3) is 0 Å². The van der Waals surface area contributed by atoms with Gasteiger partial charge in [0.2, 0.25) is 15.9 Å². The van der Waals surface area contributed by atoms with Gasteiger partial charge in [0.05, 0.1) is 11.3 Å². The first-order chi connectivity index (χ1) is 9.21. The predicted molar refractivity (Wildman–Crippen MR) is 67.2 cm³/mol. The van der Waals surface area contributed by atoms with Crippen LogP contribution in [0.2, 0.25) is 0 Å². The number of amides is 1. The fourth-order valence-electron chi connectivity index (χ4n) is 2.02. The SMILES string of the molecule is NS(=O)(=O)C1CC(=O)N(c2cccc(C(=O)O)c2F)C1. The monoisotopic (exact) mass is 302 g/mol. The van der Waals surface area contributed by atoms with Gasteiger partial charge >= 0.3 is 5.97 Å². The van der Waals surface area contributed by atoms with E-state index < -0.39 is 38.5 Å². The Morgan fingerprint density at radius 3 is 2.60 bits per heavy atom. The second kappa shape index (κ2) is 4.84. The Kier molecular flexibility index (Phi) is 3.48. The largest absolute Gasteiger partial charge is 0.478 e. The Morgan fingerprint density at radius 1 is 1.45 bits per heavy atom. The highest BCUT2D eigenvalue weighted by Gasteiger charge is 2.38. The van der Waals surface area contributed by atoms with Crippen LogP contribution in [0.4, 0.5) is 10.1 Å². The summed E-state index contributed by atoms with van der Waals surface area (Å²) in [6, 6.07) is 3.55. The predicted octanol–water partition coefficient (Wildman–Crippen LogP) is -0.0823. The van der Waals surface area contributed by atoms with E-state index in [2.05, 4.69) is 0 Å². The van der Waals surface area contributed by atoms with Crippen LogP contribution in [-0.4, -0.2) is 37.2 Å². The number of nitrogens with zero attached hydrogens (tertiary/aromatic N) is 1. The molecule has 0 bridgehead atoms. The number of hydrogen-bond acceptors (Lipinski definition) is 4. The molecule has 1 heterocycles. The molecule has 2 rings (SSSR count). The fraction of sp³-hybridized carbons (Fsp3) is 0.273. The van der Waals surface area contributed by atoms with E-state index in [1.54, 1.807) is 0 Å². The van der Waals surface area contributed by atoms with Gasteiger partial charge in [-0.3, -0.25) is 4.79 Å². The molecule has 0 saturated carbocycles. The average molecular weight is 302 g/mol. The molecule has 7 nitrogen and oxygen atoms in total. The summed E-state index contributed by atoms with van der Waals surface area (Å²) < 4.78 is 36.5. The summed E-state index contributed by atoms with van der Waals surface area (Å²) in [5.74, 6) is -3.17. The summed E-state index contributed by atoms with van der Waals surface area (Å²) >= 11 is 0. The number of benzene rings is 1. The molecule has 0 aromatic heterocycles. The molecule has 1 saturated heterocycles. The minimum atomic E-state index is -3.92. The summed E-state index contributed by atoms with van der Waals surface area (Å²) in [7, 11) is -3.92. The lowest BCUT2D eigenvalue weighted by Gasteiger charge is -2.17. The van der Waals surface area contributed by atoms with Gasteiger partial charge in [-0.1, -0.05) is 6.07 Å². The molecule has 20 heavy (non-hydrogen) atoms. The third kappa shape index (κ3) is 2.49. The lowest BCUT2D eigenvalue weighted by atomic mass is 10.1. The topological polar surface area (TPSA) is 118 Å². The maximum absolute atomic E-state index is 14.0. The van der Waals surface area contributed by atoms with Crippen molar-refractivity contribution in [1.82, 2.24) is 0 Å². The Balaban J connectivity index is 2.41. The number of carboxylic acids is 1. The Morgan fingerprint density at radius 2 is 2.10 bits per heavy atom. The number of primary sulfonamides is 1. The van der Waals surface area contributed by atoms with Gasteiger partial charge in [0, 0.05) is 13.0 Å². The first-order valence-corrected chi connectivity index (χ1v) is 7.16. The zero-order valence-electron chi connectivity index (χ0n) is 10.1. The molecular formula is C11H11FN2O5S. The van der Waals surface area contributed by atoms with Crippen LogP contribution in [0.5, 0.6) is 0 Å². The molecule has 0 radical (unpaired) electrons. The molecule has 108 valence electrons. The summed E-state index contributed by atoms with van der Waals surface area (Å²) in [5.41, 5.74) is -0.851. The summed E-state index contributed by atoms with van der Waals surface area (Å²) in [6.07, 6.45) is -0.352. The highest BCUT2D eigenvalue weighted by molar-refractivity contribution is 7.89. The summed E-state index contributed by atoms with van der Waals surface area (Å²) in [5, 5.41) is 12.7. The van der Waals surface area contributed by atoms with Crippen molar-refractivity contribution in [1.29, 1.82) is 0 Å². The van der Waals surface area contributed by atoms with Crippen LogP contribution in [0.25, 0.3) is 0 Å². The fourth-order valence-corrected chi connectivity index (χ4v) is 2.75. The first kappa shape index (κ1) is 14.4. The number of rotatable bonds is 3. The smallest absolute Gasteiger partial charge is 0.338 e. The van der Waals surface area contributed by atoms with Crippen molar-refractivity contribution in [2.45, 2.75) is 11.7 Å². The number of carbonyl (C=O) groups excluding carboxylic acids is 1. The van der Waals surface area contributed by atoms with E-state index in [0.717, 1.165) is 11.0 Å². The zero-order chi connectivity index (χ0) is 15.1. The van der Waals surface area contributed by atoms with Crippen LogP contribution in [0.3, 0.4) is 0 Å². The molecule has 1 aromatic carbocycles. The molecule has 9 heteroatoms. The minimum absolute atomic E-state index is 0.263. The molecule has 0 aliphatic carbocycles. The number of sulfonamides is 1. The van der Waals surface area contributed by atoms with Crippen molar-refractivity contribution < 1.29 is 27.5 Å². The van der Waals surface area contributed by atoms with Gasteiger partial charge in [-0.15, -0.1) is 0 Å². The third-order valence-corrected chi connectivity index (χ3v) is 4.30. The van der Waals surface area contributed by atoms with Crippen LogP contribution in [0, 0.1) is 5.82 Å². The minimum Gasteiger partial charge on any atom is -0.478 e. The van der Waals surface area contributed by atoms with Crippen molar-refractivity contribution in [2.75, 3.05) is 11.4 Å². The van der Waals surface area contributed by atoms with Crippen molar-refractivity contribution in [3.05, 3.63) is 29.6 Å². The lowest BCUT2D eigenvalue weighted by Crippen LogP contribution is -2.32. The molecule has 1 atom stereocenters.